The van der Waals surface area contributed by atoms with Crippen molar-refractivity contribution >= 4 is 17.7 Å². The van der Waals surface area contributed by atoms with Gasteiger partial charge in [-0.15, -0.1) is 0 Å². The highest BCUT2D eigenvalue weighted by molar-refractivity contribution is 7.99. The van der Waals surface area contributed by atoms with Crippen LogP contribution in [-0.2, 0) is 4.79 Å². The number of carboxylic acid groups (broad SMARTS) is 1. The molecule has 1 aliphatic heterocycles. The normalized spacial score (nSPS) is 21.4. The predicted octanol–water partition coefficient (Wildman–Crippen LogP) is 2.32. The second kappa shape index (κ2) is 7.96. The number of rotatable bonds is 8. The van der Waals surface area contributed by atoms with E-state index in [1.807, 2.05) is 11.8 Å². The van der Waals surface area contributed by atoms with Crippen LogP contribution in [-0.4, -0.2) is 47.1 Å². The van der Waals surface area contributed by atoms with Gasteiger partial charge in [0, 0.05) is 13.0 Å². The van der Waals surface area contributed by atoms with Crippen LogP contribution in [0.15, 0.2) is 0 Å². The molecule has 0 saturated carbocycles. The number of carboxylic acids is 1. The second-order valence-corrected chi connectivity index (χ2v) is 5.83. The highest BCUT2D eigenvalue weighted by atomic mass is 32.2. The lowest BCUT2D eigenvalue weighted by molar-refractivity contribution is -0.137. The average molecular weight is 245 g/mol. The van der Waals surface area contributed by atoms with Gasteiger partial charge in [-0.2, -0.15) is 11.8 Å². The van der Waals surface area contributed by atoms with Crippen molar-refractivity contribution in [3.05, 3.63) is 0 Å². The van der Waals surface area contributed by atoms with Gasteiger partial charge in [0.2, 0.25) is 0 Å². The molecule has 0 aliphatic carbocycles. The Labute approximate surface area is 103 Å². The summed E-state index contributed by atoms with van der Waals surface area (Å²) in [5.41, 5.74) is 0. The van der Waals surface area contributed by atoms with E-state index in [2.05, 4.69) is 11.8 Å². The van der Waals surface area contributed by atoms with E-state index in [9.17, 15) is 4.79 Å². The van der Waals surface area contributed by atoms with Gasteiger partial charge in [0.1, 0.15) is 0 Å². The van der Waals surface area contributed by atoms with Crippen LogP contribution in [0, 0.1) is 5.92 Å². The summed E-state index contributed by atoms with van der Waals surface area (Å²) in [6.07, 6.45) is 3.65. The summed E-state index contributed by atoms with van der Waals surface area (Å²) < 4.78 is 0. The van der Waals surface area contributed by atoms with Crippen molar-refractivity contribution in [2.75, 3.05) is 31.1 Å². The van der Waals surface area contributed by atoms with Crippen molar-refractivity contribution in [2.45, 2.75) is 32.6 Å². The molecule has 1 atom stereocenters. The summed E-state index contributed by atoms with van der Waals surface area (Å²) in [5, 5.41) is 8.62. The Kier molecular flexibility index (Phi) is 6.88. The van der Waals surface area contributed by atoms with Crippen LogP contribution in [0.5, 0.6) is 0 Å². The lowest BCUT2D eigenvalue weighted by atomic mass is 10.0. The van der Waals surface area contributed by atoms with Crippen molar-refractivity contribution in [1.82, 2.24) is 4.90 Å². The van der Waals surface area contributed by atoms with E-state index in [1.54, 1.807) is 0 Å². The van der Waals surface area contributed by atoms with E-state index in [1.165, 1.54) is 37.4 Å². The van der Waals surface area contributed by atoms with Crippen molar-refractivity contribution < 1.29 is 9.90 Å². The van der Waals surface area contributed by atoms with Gasteiger partial charge >= 0.3 is 5.97 Å². The third-order valence-corrected chi connectivity index (χ3v) is 4.09. The molecule has 1 aliphatic rings. The van der Waals surface area contributed by atoms with Gasteiger partial charge in [0.15, 0.2) is 0 Å². The summed E-state index contributed by atoms with van der Waals surface area (Å²) in [5.74, 6) is 2.43. The third-order valence-electron chi connectivity index (χ3n) is 3.10. The molecule has 1 unspecified atom stereocenters. The molecular formula is C12H23NO2S. The molecule has 0 amide bonds. The summed E-state index contributed by atoms with van der Waals surface area (Å²) in [6, 6.07) is 0. The van der Waals surface area contributed by atoms with Crippen LogP contribution in [0.3, 0.4) is 0 Å². The Hall–Kier alpha value is -0.220. The molecule has 0 aromatic heterocycles. The Bertz CT molecular complexity index is 211. The lowest BCUT2D eigenvalue weighted by Crippen LogP contribution is -2.22. The third kappa shape index (κ3) is 5.75. The molecule has 1 fully saturated rings. The minimum absolute atomic E-state index is 0.337. The van der Waals surface area contributed by atoms with Gasteiger partial charge in [-0.1, -0.05) is 6.92 Å². The smallest absolute Gasteiger partial charge is 0.303 e. The molecule has 1 rings (SSSR count). The van der Waals surface area contributed by atoms with Gasteiger partial charge in [-0.3, -0.25) is 4.79 Å². The van der Waals surface area contributed by atoms with Crippen molar-refractivity contribution in [1.29, 1.82) is 0 Å². The van der Waals surface area contributed by atoms with Gasteiger partial charge in [0.25, 0.3) is 0 Å². The molecule has 4 heteroatoms. The monoisotopic (exact) mass is 245 g/mol. The fourth-order valence-electron chi connectivity index (χ4n) is 2.21. The number of likely N-dealkylation sites (tertiary alicyclic amines) is 1. The molecule has 3 nitrogen and oxygen atoms in total. The van der Waals surface area contributed by atoms with Gasteiger partial charge in [0.05, 0.1) is 0 Å². The summed E-state index contributed by atoms with van der Waals surface area (Å²) in [4.78, 5) is 13.0. The first-order valence-corrected chi connectivity index (χ1v) is 7.39. The number of thioether (sulfide) groups is 1. The largest absolute Gasteiger partial charge is 0.481 e. The molecule has 0 radical (unpaired) electrons. The van der Waals surface area contributed by atoms with Crippen LogP contribution in [0.2, 0.25) is 0 Å². The van der Waals surface area contributed by atoms with E-state index < -0.39 is 5.97 Å². The Morgan fingerprint density at radius 2 is 2.38 bits per heavy atom. The number of hydrogen-bond donors (Lipinski definition) is 1. The van der Waals surface area contributed by atoms with Crippen molar-refractivity contribution in [3.63, 3.8) is 0 Å². The average Bonchev–Trinajstić information content (AvgIpc) is 2.70. The zero-order valence-electron chi connectivity index (χ0n) is 10.2. The molecule has 1 heterocycles. The van der Waals surface area contributed by atoms with E-state index in [0.717, 1.165) is 13.0 Å². The second-order valence-electron chi connectivity index (χ2n) is 4.44. The molecule has 94 valence electrons. The van der Waals surface area contributed by atoms with Crippen LogP contribution < -0.4 is 0 Å². The first kappa shape index (κ1) is 13.8. The van der Waals surface area contributed by atoms with E-state index in [0.29, 0.717) is 12.3 Å². The van der Waals surface area contributed by atoms with Gasteiger partial charge in [-0.05, 0) is 49.8 Å². The molecule has 0 bridgehead atoms. The van der Waals surface area contributed by atoms with E-state index >= 15 is 0 Å². The number of aliphatic carboxylic acids is 1. The Balaban J connectivity index is 2.03. The summed E-state index contributed by atoms with van der Waals surface area (Å²) >= 11 is 2.00. The van der Waals surface area contributed by atoms with E-state index in [4.69, 9.17) is 5.11 Å². The minimum Gasteiger partial charge on any atom is -0.481 e. The fraction of sp³-hybridized carbons (Fsp3) is 0.917. The highest BCUT2D eigenvalue weighted by Gasteiger charge is 2.22. The summed E-state index contributed by atoms with van der Waals surface area (Å²) in [7, 11) is 0. The molecule has 1 saturated heterocycles. The maximum absolute atomic E-state index is 10.5. The first-order valence-electron chi connectivity index (χ1n) is 6.24. The SMILES string of the molecule is CCSCCCN1CCC(CCC(=O)O)C1. The molecule has 0 aromatic rings. The zero-order valence-corrected chi connectivity index (χ0v) is 11.0. The van der Waals surface area contributed by atoms with Gasteiger partial charge < -0.3 is 10.0 Å². The molecule has 0 spiro atoms. The molecule has 0 aromatic carbocycles. The predicted molar refractivity (Wildman–Crippen MR) is 69.0 cm³/mol. The lowest BCUT2D eigenvalue weighted by Gasteiger charge is -2.15. The van der Waals surface area contributed by atoms with Crippen LogP contribution in [0.1, 0.15) is 32.6 Å². The zero-order chi connectivity index (χ0) is 11.8. The quantitative estimate of drug-likeness (QED) is 0.666. The standard InChI is InChI=1S/C12H23NO2S/c1-2-16-9-3-7-13-8-6-11(10-13)4-5-12(14)15/h11H,2-10H2,1H3,(H,14,15). The van der Waals surface area contributed by atoms with Crippen LogP contribution in [0.25, 0.3) is 0 Å². The van der Waals surface area contributed by atoms with Crippen molar-refractivity contribution in [2.24, 2.45) is 5.92 Å². The first-order chi connectivity index (χ1) is 7.72. The molecule has 16 heavy (non-hydrogen) atoms. The number of carbonyl (C=O) groups is 1. The van der Waals surface area contributed by atoms with Gasteiger partial charge in [-0.25, -0.2) is 0 Å². The van der Waals surface area contributed by atoms with Crippen LogP contribution in [0.4, 0.5) is 0 Å². The maximum atomic E-state index is 10.5. The Morgan fingerprint density at radius 3 is 3.06 bits per heavy atom. The summed E-state index contributed by atoms with van der Waals surface area (Å²) in [6.45, 7) is 5.67. The topological polar surface area (TPSA) is 40.5 Å². The molecule has 1 N–H and O–H groups in total. The molecular weight excluding hydrogens is 222 g/mol. The fourth-order valence-corrected chi connectivity index (χ4v) is 2.84. The maximum Gasteiger partial charge on any atom is 0.303 e. The van der Waals surface area contributed by atoms with Crippen molar-refractivity contribution in [3.8, 4) is 0 Å². The minimum atomic E-state index is -0.655. The Morgan fingerprint density at radius 1 is 1.56 bits per heavy atom. The highest BCUT2D eigenvalue weighted by Crippen LogP contribution is 2.21. The van der Waals surface area contributed by atoms with E-state index in [-0.39, 0.29) is 0 Å². The van der Waals surface area contributed by atoms with Crippen LogP contribution >= 0.6 is 11.8 Å². The number of nitrogens with zero attached hydrogens (tertiary/aromatic N) is 1. The number of hydrogen-bond acceptors (Lipinski definition) is 3.